The monoisotopic (exact) mass is 571 g/mol. The van der Waals surface area contributed by atoms with Crippen LogP contribution in [0.4, 0.5) is 18.9 Å². The Labute approximate surface area is 227 Å². The zero-order valence-electron chi connectivity index (χ0n) is 21.5. The SMILES string of the molecule is CC(=O)Nc1ccc2nc(-c3ccc(-c4cc(C(F)(F)F)n(C)n4)cc3)cn2c1.Cc1ccc(S(=O)(=O)O)cc1. The number of imidazole rings is 1. The molecule has 9 nitrogen and oxygen atoms in total. The fourth-order valence-corrected chi connectivity index (χ4v) is 4.28. The Hall–Kier alpha value is -4.49. The predicted molar refractivity (Wildman–Crippen MR) is 143 cm³/mol. The molecule has 0 aliphatic heterocycles. The molecule has 3 heterocycles. The Morgan fingerprint density at radius 2 is 1.52 bits per heavy atom. The first-order valence-electron chi connectivity index (χ1n) is 11.7. The molecule has 0 radical (unpaired) electrons. The molecule has 0 saturated heterocycles. The number of hydrogen-bond acceptors (Lipinski definition) is 5. The second-order valence-electron chi connectivity index (χ2n) is 8.89. The average molecular weight is 572 g/mol. The summed E-state index contributed by atoms with van der Waals surface area (Å²) in [4.78, 5) is 15.7. The van der Waals surface area contributed by atoms with Gasteiger partial charge in [0.1, 0.15) is 11.3 Å². The minimum Gasteiger partial charge on any atom is -0.325 e. The van der Waals surface area contributed by atoms with Crippen LogP contribution in [0.15, 0.2) is 84.0 Å². The van der Waals surface area contributed by atoms with E-state index >= 15 is 0 Å². The van der Waals surface area contributed by atoms with Gasteiger partial charge in [0.15, 0.2) is 0 Å². The van der Waals surface area contributed by atoms with E-state index in [1.165, 1.54) is 26.1 Å². The van der Waals surface area contributed by atoms with E-state index < -0.39 is 22.0 Å². The van der Waals surface area contributed by atoms with Gasteiger partial charge in [-0.3, -0.25) is 14.0 Å². The van der Waals surface area contributed by atoms with Crippen molar-refractivity contribution in [2.24, 2.45) is 7.05 Å². The maximum absolute atomic E-state index is 13.0. The number of halogens is 3. The molecule has 5 rings (SSSR count). The Kier molecular flexibility index (Phi) is 7.80. The third kappa shape index (κ3) is 6.74. The van der Waals surface area contributed by atoms with Crippen LogP contribution in [0.5, 0.6) is 0 Å². The smallest absolute Gasteiger partial charge is 0.325 e. The zero-order chi connectivity index (χ0) is 29.2. The van der Waals surface area contributed by atoms with Crippen LogP contribution in [0.2, 0.25) is 0 Å². The Bertz CT molecular complexity index is 1780. The quantitative estimate of drug-likeness (QED) is 0.270. The van der Waals surface area contributed by atoms with Gasteiger partial charge in [0, 0.05) is 37.5 Å². The number of rotatable bonds is 4. The number of aromatic nitrogens is 4. The largest absolute Gasteiger partial charge is 0.433 e. The van der Waals surface area contributed by atoms with Crippen molar-refractivity contribution >= 4 is 27.4 Å². The summed E-state index contributed by atoms with van der Waals surface area (Å²) < 4.78 is 71.1. The molecule has 0 spiro atoms. The number of fused-ring (bicyclic) bond motifs is 1. The van der Waals surface area contributed by atoms with E-state index in [0.29, 0.717) is 22.6 Å². The highest BCUT2D eigenvalue weighted by Gasteiger charge is 2.35. The highest BCUT2D eigenvalue weighted by Crippen LogP contribution is 2.32. The molecule has 1 amide bonds. The second-order valence-corrected chi connectivity index (χ2v) is 10.3. The first-order valence-corrected chi connectivity index (χ1v) is 13.2. The minimum absolute atomic E-state index is 0.0666. The molecule has 0 bridgehead atoms. The molecule has 3 aromatic heterocycles. The zero-order valence-corrected chi connectivity index (χ0v) is 22.3. The van der Waals surface area contributed by atoms with E-state index in [0.717, 1.165) is 21.9 Å². The van der Waals surface area contributed by atoms with Crippen molar-refractivity contribution in [3.8, 4) is 22.5 Å². The number of alkyl halides is 3. The standard InChI is InChI=1S/C20H16F3N5O.C7H8O3S/c1-12(29)24-15-7-8-19-25-17(11-28(19)10-15)14-5-3-13(4-6-14)16-9-18(20(21,22)23)27(2)26-16;1-6-2-4-7(5-3-6)11(8,9)10/h3-11H,1-2H3,(H,24,29);2-5H,1H3,(H,8,9,10). The normalized spacial score (nSPS) is 11.7. The number of aryl methyl sites for hydroxylation is 2. The number of benzene rings is 2. The molecule has 0 aliphatic rings. The molecule has 0 aliphatic carbocycles. The van der Waals surface area contributed by atoms with Gasteiger partial charge >= 0.3 is 6.18 Å². The number of nitrogens with one attached hydrogen (secondary N) is 1. The van der Waals surface area contributed by atoms with E-state index in [1.54, 1.807) is 59.1 Å². The van der Waals surface area contributed by atoms with E-state index in [2.05, 4.69) is 15.4 Å². The van der Waals surface area contributed by atoms with Crippen molar-refractivity contribution in [1.82, 2.24) is 19.2 Å². The molecule has 0 fully saturated rings. The lowest BCUT2D eigenvalue weighted by Crippen LogP contribution is -2.11. The predicted octanol–water partition coefficient (Wildman–Crippen LogP) is 5.62. The number of anilines is 1. The third-order valence-corrected chi connectivity index (χ3v) is 6.60. The molecular formula is C27H24F3N5O4S. The Morgan fingerprint density at radius 3 is 2.05 bits per heavy atom. The fraction of sp³-hybridized carbons (Fsp3) is 0.148. The van der Waals surface area contributed by atoms with Crippen LogP contribution in [0, 0.1) is 6.92 Å². The second kappa shape index (κ2) is 10.9. The van der Waals surface area contributed by atoms with Crippen LogP contribution < -0.4 is 5.32 Å². The van der Waals surface area contributed by atoms with E-state index in [1.807, 2.05) is 13.1 Å². The van der Waals surface area contributed by atoms with Crippen LogP contribution in [-0.4, -0.2) is 38.0 Å². The Balaban J connectivity index is 0.000000283. The number of carbonyl (C=O) groups excluding carboxylic acids is 1. The number of carbonyl (C=O) groups is 1. The maximum Gasteiger partial charge on any atom is 0.433 e. The molecule has 2 N–H and O–H groups in total. The van der Waals surface area contributed by atoms with Gasteiger partial charge in [0.2, 0.25) is 5.91 Å². The summed E-state index contributed by atoms with van der Waals surface area (Å²) in [6.07, 6.45) is -0.876. The summed E-state index contributed by atoms with van der Waals surface area (Å²) in [7, 11) is -2.75. The molecule has 0 atom stereocenters. The van der Waals surface area contributed by atoms with Crippen LogP contribution in [0.3, 0.4) is 0 Å². The first kappa shape index (κ1) is 28.5. The summed E-state index contributed by atoms with van der Waals surface area (Å²) in [5, 5.41) is 6.67. The van der Waals surface area contributed by atoms with Gasteiger partial charge in [0.05, 0.1) is 22.0 Å². The van der Waals surface area contributed by atoms with Gasteiger partial charge in [-0.15, -0.1) is 0 Å². The van der Waals surface area contributed by atoms with Crippen molar-refractivity contribution in [3.05, 3.63) is 90.4 Å². The topological polar surface area (TPSA) is 119 Å². The van der Waals surface area contributed by atoms with Gasteiger partial charge in [-0.25, -0.2) is 4.98 Å². The molecule has 0 saturated carbocycles. The lowest BCUT2D eigenvalue weighted by molar-refractivity contribution is -0.143. The van der Waals surface area contributed by atoms with Crippen LogP contribution in [0.25, 0.3) is 28.2 Å². The summed E-state index contributed by atoms with van der Waals surface area (Å²) in [5.74, 6) is -0.163. The highest BCUT2D eigenvalue weighted by atomic mass is 32.2. The number of nitrogens with zero attached hydrogens (tertiary/aromatic N) is 4. The van der Waals surface area contributed by atoms with Gasteiger partial charge in [-0.1, -0.05) is 42.0 Å². The van der Waals surface area contributed by atoms with E-state index in [-0.39, 0.29) is 16.5 Å². The number of hydrogen-bond donors (Lipinski definition) is 2. The van der Waals surface area contributed by atoms with Gasteiger partial charge in [-0.2, -0.15) is 26.7 Å². The number of pyridine rings is 1. The lowest BCUT2D eigenvalue weighted by atomic mass is 10.1. The van der Waals surface area contributed by atoms with Crippen LogP contribution in [-0.2, 0) is 28.1 Å². The summed E-state index contributed by atoms with van der Waals surface area (Å²) in [6, 6.07) is 17.6. The average Bonchev–Trinajstić information content (AvgIpc) is 3.47. The molecule has 40 heavy (non-hydrogen) atoms. The van der Waals surface area contributed by atoms with Gasteiger partial charge < -0.3 is 9.72 Å². The van der Waals surface area contributed by atoms with Crippen molar-refractivity contribution in [1.29, 1.82) is 0 Å². The first-order chi connectivity index (χ1) is 18.7. The molecule has 0 unspecified atom stereocenters. The van der Waals surface area contributed by atoms with Crippen LogP contribution >= 0.6 is 0 Å². The molecule has 208 valence electrons. The third-order valence-electron chi connectivity index (χ3n) is 5.74. The van der Waals surface area contributed by atoms with Crippen molar-refractivity contribution in [2.75, 3.05) is 5.32 Å². The molecule has 2 aromatic carbocycles. The van der Waals surface area contributed by atoms with Gasteiger partial charge in [0.25, 0.3) is 10.1 Å². The lowest BCUT2D eigenvalue weighted by Gasteiger charge is -2.04. The molecule has 5 aromatic rings. The van der Waals surface area contributed by atoms with Crippen molar-refractivity contribution < 1.29 is 30.9 Å². The summed E-state index contributed by atoms with van der Waals surface area (Å²) >= 11 is 0. The highest BCUT2D eigenvalue weighted by molar-refractivity contribution is 7.85. The van der Waals surface area contributed by atoms with Crippen molar-refractivity contribution in [3.63, 3.8) is 0 Å². The molecule has 13 heteroatoms. The fourth-order valence-electron chi connectivity index (χ4n) is 3.80. The van der Waals surface area contributed by atoms with Crippen LogP contribution in [0.1, 0.15) is 18.2 Å². The summed E-state index contributed by atoms with van der Waals surface area (Å²) in [6.45, 7) is 3.28. The summed E-state index contributed by atoms with van der Waals surface area (Å²) in [5.41, 5.74) is 3.86. The minimum atomic E-state index is -4.45. The van der Waals surface area contributed by atoms with Gasteiger partial charge in [-0.05, 0) is 37.3 Å². The van der Waals surface area contributed by atoms with Crippen molar-refractivity contribution in [2.45, 2.75) is 24.9 Å². The Morgan fingerprint density at radius 1 is 0.925 bits per heavy atom. The van der Waals surface area contributed by atoms with E-state index in [9.17, 15) is 26.4 Å². The maximum atomic E-state index is 13.0. The number of amides is 1. The van der Waals surface area contributed by atoms with E-state index in [4.69, 9.17) is 4.55 Å². The molecular weight excluding hydrogens is 547 g/mol.